The normalized spacial score (nSPS) is 10.6. The van der Waals surface area contributed by atoms with Gasteiger partial charge in [-0.05, 0) is 49.1 Å². The van der Waals surface area contributed by atoms with Crippen LogP contribution in [0, 0.1) is 6.92 Å². The fraction of sp³-hybridized carbons (Fsp3) is 0.111. The van der Waals surface area contributed by atoms with Gasteiger partial charge in [-0.3, -0.25) is 0 Å². The number of nitrogen functional groups attached to an aromatic ring is 1. The number of rotatable bonds is 4. The lowest BCUT2D eigenvalue weighted by molar-refractivity contribution is 1.18. The molecule has 0 amide bonds. The van der Waals surface area contributed by atoms with Crippen molar-refractivity contribution >= 4 is 40.8 Å². The molecule has 3 N–H and O–H groups in total. The molecule has 4 nitrogen and oxygen atoms in total. The Balaban J connectivity index is 1.98. The number of hydrogen-bond donors (Lipinski definition) is 2. The molecule has 1 heterocycles. The molecule has 0 bridgehead atoms. The first-order valence-corrected chi connectivity index (χ1v) is 8.97. The highest BCUT2D eigenvalue weighted by atomic mass is 35.5. The van der Waals surface area contributed by atoms with Crippen molar-refractivity contribution in [3.8, 4) is 11.3 Å². The largest absolute Gasteiger partial charge is 0.368 e. The highest BCUT2D eigenvalue weighted by Crippen LogP contribution is 2.28. The fourth-order valence-electron chi connectivity index (χ4n) is 2.39. The first kappa shape index (κ1) is 16.6. The Labute approximate surface area is 150 Å². The van der Waals surface area contributed by atoms with Crippen LogP contribution in [-0.4, -0.2) is 16.2 Å². The first-order chi connectivity index (χ1) is 11.5. The number of aryl methyl sites for hydroxylation is 1. The molecule has 0 aliphatic heterocycles. The van der Waals surface area contributed by atoms with Crippen LogP contribution in [0.1, 0.15) is 5.56 Å². The second-order valence-corrected chi connectivity index (χ2v) is 6.63. The minimum atomic E-state index is 0.218. The SMILES string of the molecule is CSc1cccc(Nc2cc(-c3cc(Cl)ccc3C)nc(N)n2)c1. The van der Waals surface area contributed by atoms with Crippen molar-refractivity contribution < 1.29 is 0 Å². The Bertz CT molecular complexity index is 883. The van der Waals surface area contributed by atoms with E-state index in [4.69, 9.17) is 17.3 Å². The van der Waals surface area contributed by atoms with Crippen LogP contribution in [0.3, 0.4) is 0 Å². The zero-order chi connectivity index (χ0) is 17.1. The third-order valence-corrected chi connectivity index (χ3v) is 4.52. The summed E-state index contributed by atoms with van der Waals surface area (Å²) in [6, 6.07) is 15.7. The Kier molecular flexibility index (Phi) is 4.92. The number of anilines is 3. The van der Waals surface area contributed by atoms with E-state index in [0.717, 1.165) is 22.5 Å². The summed E-state index contributed by atoms with van der Waals surface area (Å²) < 4.78 is 0. The van der Waals surface area contributed by atoms with E-state index in [-0.39, 0.29) is 5.95 Å². The van der Waals surface area contributed by atoms with Gasteiger partial charge in [-0.2, -0.15) is 4.98 Å². The molecule has 0 fully saturated rings. The number of nitrogens with one attached hydrogen (secondary N) is 1. The molecule has 2 aromatic carbocycles. The van der Waals surface area contributed by atoms with E-state index in [0.29, 0.717) is 10.8 Å². The third kappa shape index (κ3) is 3.80. The summed E-state index contributed by atoms with van der Waals surface area (Å²) in [5, 5.41) is 3.95. The van der Waals surface area contributed by atoms with E-state index >= 15 is 0 Å². The molecule has 122 valence electrons. The molecule has 0 aliphatic rings. The predicted octanol–water partition coefficient (Wildman–Crippen LogP) is 5.15. The molecular formula is C18H17ClN4S. The maximum absolute atomic E-state index is 6.12. The van der Waals surface area contributed by atoms with Crippen LogP contribution < -0.4 is 11.1 Å². The summed E-state index contributed by atoms with van der Waals surface area (Å²) in [7, 11) is 0. The number of nitrogens with zero attached hydrogens (tertiary/aromatic N) is 2. The Morgan fingerprint density at radius 1 is 1.08 bits per heavy atom. The molecule has 24 heavy (non-hydrogen) atoms. The number of benzene rings is 2. The number of hydrogen-bond acceptors (Lipinski definition) is 5. The molecule has 3 aromatic rings. The quantitative estimate of drug-likeness (QED) is 0.632. The van der Waals surface area contributed by atoms with Crippen molar-refractivity contribution in [2.75, 3.05) is 17.3 Å². The Morgan fingerprint density at radius 2 is 1.92 bits per heavy atom. The highest BCUT2D eigenvalue weighted by molar-refractivity contribution is 7.98. The summed E-state index contributed by atoms with van der Waals surface area (Å²) in [5.41, 5.74) is 9.61. The van der Waals surface area contributed by atoms with Crippen molar-refractivity contribution in [2.24, 2.45) is 0 Å². The van der Waals surface area contributed by atoms with Gasteiger partial charge in [-0.15, -0.1) is 11.8 Å². The van der Waals surface area contributed by atoms with Gasteiger partial charge in [0.25, 0.3) is 0 Å². The molecule has 6 heteroatoms. The van der Waals surface area contributed by atoms with Crippen LogP contribution >= 0.6 is 23.4 Å². The standard InChI is InChI=1S/C18H17ClN4S/c1-11-6-7-12(19)8-15(11)16-10-17(23-18(20)22-16)21-13-4-3-5-14(9-13)24-2/h3-10H,1-2H3,(H3,20,21,22,23). The summed E-state index contributed by atoms with van der Waals surface area (Å²) in [6.07, 6.45) is 2.04. The molecule has 0 aliphatic carbocycles. The maximum atomic E-state index is 6.12. The second kappa shape index (κ2) is 7.11. The van der Waals surface area contributed by atoms with E-state index in [1.165, 1.54) is 4.90 Å². The van der Waals surface area contributed by atoms with Crippen LogP contribution in [0.5, 0.6) is 0 Å². The van der Waals surface area contributed by atoms with Gasteiger partial charge in [0.05, 0.1) is 5.69 Å². The smallest absolute Gasteiger partial charge is 0.222 e. The van der Waals surface area contributed by atoms with E-state index in [1.807, 2.05) is 49.6 Å². The van der Waals surface area contributed by atoms with Gasteiger partial charge in [-0.25, -0.2) is 4.98 Å². The highest BCUT2D eigenvalue weighted by Gasteiger charge is 2.09. The third-order valence-electron chi connectivity index (χ3n) is 3.56. The number of thioether (sulfide) groups is 1. The molecule has 0 saturated heterocycles. The summed E-state index contributed by atoms with van der Waals surface area (Å²) in [4.78, 5) is 9.80. The summed E-state index contributed by atoms with van der Waals surface area (Å²) in [6.45, 7) is 2.01. The van der Waals surface area contributed by atoms with Gasteiger partial charge in [0.15, 0.2) is 0 Å². The van der Waals surface area contributed by atoms with Gasteiger partial charge in [-0.1, -0.05) is 23.7 Å². The molecule has 0 saturated carbocycles. The van der Waals surface area contributed by atoms with Gasteiger partial charge in [0.1, 0.15) is 5.82 Å². The lowest BCUT2D eigenvalue weighted by Gasteiger charge is -2.11. The van der Waals surface area contributed by atoms with Gasteiger partial charge in [0.2, 0.25) is 5.95 Å². The number of aromatic nitrogens is 2. The van der Waals surface area contributed by atoms with Crippen molar-refractivity contribution in [2.45, 2.75) is 11.8 Å². The zero-order valence-electron chi connectivity index (χ0n) is 13.4. The predicted molar refractivity (Wildman–Crippen MR) is 103 cm³/mol. The number of nitrogens with two attached hydrogens (primary N) is 1. The van der Waals surface area contributed by atoms with Gasteiger partial charge < -0.3 is 11.1 Å². The Hall–Kier alpha value is -2.24. The summed E-state index contributed by atoms with van der Waals surface area (Å²) in [5.74, 6) is 0.866. The van der Waals surface area contributed by atoms with Crippen LogP contribution in [0.25, 0.3) is 11.3 Å². The fourth-order valence-corrected chi connectivity index (χ4v) is 3.02. The van der Waals surface area contributed by atoms with E-state index in [2.05, 4.69) is 27.4 Å². The molecular weight excluding hydrogens is 340 g/mol. The average molecular weight is 357 g/mol. The van der Waals surface area contributed by atoms with E-state index in [1.54, 1.807) is 11.8 Å². The molecule has 0 spiro atoms. The zero-order valence-corrected chi connectivity index (χ0v) is 14.9. The number of halogens is 1. The molecule has 0 atom stereocenters. The van der Waals surface area contributed by atoms with Crippen LogP contribution in [0.2, 0.25) is 5.02 Å². The first-order valence-electron chi connectivity index (χ1n) is 7.37. The van der Waals surface area contributed by atoms with Crippen molar-refractivity contribution in [3.05, 3.63) is 59.1 Å². The minimum absolute atomic E-state index is 0.218. The monoisotopic (exact) mass is 356 g/mol. The molecule has 1 aromatic heterocycles. The van der Waals surface area contributed by atoms with Crippen molar-refractivity contribution in [3.63, 3.8) is 0 Å². The van der Waals surface area contributed by atoms with Gasteiger partial charge in [0, 0.05) is 27.2 Å². The van der Waals surface area contributed by atoms with E-state index in [9.17, 15) is 0 Å². The second-order valence-electron chi connectivity index (χ2n) is 5.31. The van der Waals surface area contributed by atoms with Crippen LogP contribution in [0.4, 0.5) is 17.5 Å². The summed E-state index contributed by atoms with van der Waals surface area (Å²) >= 11 is 7.80. The topological polar surface area (TPSA) is 63.8 Å². The maximum Gasteiger partial charge on any atom is 0.222 e. The van der Waals surface area contributed by atoms with Crippen LogP contribution in [0.15, 0.2) is 53.4 Å². The minimum Gasteiger partial charge on any atom is -0.368 e. The van der Waals surface area contributed by atoms with Gasteiger partial charge >= 0.3 is 0 Å². The van der Waals surface area contributed by atoms with Crippen molar-refractivity contribution in [1.29, 1.82) is 0 Å². The molecule has 0 radical (unpaired) electrons. The average Bonchev–Trinajstić information content (AvgIpc) is 2.56. The molecule has 3 rings (SSSR count). The van der Waals surface area contributed by atoms with Crippen molar-refractivity contribution in [1.82, 2.24) is 9.97 Å². The lowest BCUT2D eigenvalue weighted by atomic mass is 10.1. The Morgan fingerprint density at radius 3 is 2.71 bits per heavy atom. The lowest BCUT2D eigenvalue weighted by Crippen LogP contribution is -2.02. The molecule has 0 unspecified atom stereocenters. The van der Waals surface area contributed by atoms with Crippen LogP contribution in [-0.2, 0) is 0 Å². The van der Waals surface area contributed by atoms with E-state index < -0.39 is 0 Å².